The van der Waals surface area contributed by atoms with Crippen LogP contribution in [0.2, 0.25) is 0 Å². The number of carbonyl (C=O) groups excluding carboxylic acids is 2. The van der Waals surface area contributed by atoms with Crippen LogP contribution in [0.3, 0.4) is 0 Å². The number of rotatable bonds is 5. The van der Waals surface area contributed by atoms with Crippen LogP contribution >= 0.6 is 12.2 Å². The van der Waals surface area contributed by atoms with Gasteiger partial charge in [0.2, 0.25) is 0 Å². The molecule has 1 aromatic heterocycles. The van der Waals surface area contributed by atoms with Gasteiger partial charge in [-0.2, -0.15) is 0 Å². The quantitative estimate of drug-likeness (QED) is 0.354. The van der Waals surface area contributed by atoms with E-state index in [-0.39, 0.29) is 10.7 Å². The van der Waals surface area contributed by atoms with Gasteiger partial charge in [-0.3, -0.25) is 19.8 Å². The number of aromatic nitrogens is 1. The van der Waals surface area contributed by atoms with Crippen LogP contribution in [-0.2, 0) is 20.8 Å². The molecular formula is C24H21N3O4S. The molecule has 1 aliphatic rings. The fourth-order valence-electron chi connectivity index (χ4n) is 3.80. The molecule has 1 fully saturated rings. The number of fused-ring (bicyclic) bond motifs is 1. The van der Waals surface area contributed by atoms with Crippen molar-refractivity contribution in [3.63, 3.8) is 0 Å². The number of hydrogen-bond acceptors (Lipinski definition) is 4. The van der Waals surface area contributed by atoms with Crippen LogP contribution in [0.5, 0.6) is 0 Å². The molecule has 2 amide bonds. The maximum absolute atomic E-state index is 13.3. The van der Waals surface area contributed by atoms with Gasteiger partial charge >= 0.3 is 5.97 Å². The molecule has 4 rings (SSSR count). The van der Waals surface area contributed by atoms with Gasteiger partial charge in [-0.1, -0.05) is 31.2 Å². The molecule has 7 nitrogen and oxygen atoms in total. The number of hydrogen-bond donors (Lipinski definition) is 2. The molecule has 1 aliphatic heterocycles. The highest BCUT2D eigenvalue weighted by Gasteiger charge is 2.35. The van der Waals surface area contributed by atoms with Crippen LogP contribution in [-0.4, -0.2) is 32.6 Å². The lowest BCUT2D eigenvalue weighted by molar-refractivity contribution is -0.140. The van der Waals surface area contributed by atoms with Gasteiger partial charge in [-0.25, -0.2) is 4.79 Å². The number of carboxylic acids is 1. The molecule has 162 valence electrons. The van der Waals surface area contributed by atoms with E-state index >= 15 is 0 Å². The lowest BCUT2D eigenvalue weighted by atomic mass is 10.0. The molecule has 3 aromatic rings. The maximum atomic E-state index is 13.3. The van der Waals surface area contributed by atoms with E-state index in [1.165, 1.54) is 11.0 Å². The second-order valence-electron chi connectivity index (χ2n) is 7.50. The third kappa shape index (κ3) is 3.69. The van der Waals surface area contributed by atoms with Gasteiger partial charge in [0.1, 0.15) is 11.6 Å². The molecule has 2 N–H and O–H groups in total. The predicted molar refractivity (Wildman–Crippen MR) is 126 cm³/mol. The molecule has 1 saturated heterocycles. The molecular weight excluding hydrogens is 426 g/mol. The van der Waals surface area contributed by atoms with Gasteiger partial charge in [0.15, 0.2) is 5.11 Å². The Hall–Kier alpha value is -3.78. The van der Waals surface area contributed by atoms with Crippen molar-refractivity contribution in [2.45, 2.75) is 26.3 Å². The van der Waals surface area contributed by atoms with Crippen molar-refractivity contribution in [3.8, 4) is 0 Å². The molecule has 8 heteroatoms. The first-order valence-corrected chi connectivity index (χ1v) is 10.6. The number of carboxylic acid groups (broad SMARTS) is 1. The number of benzene rings is 2. The highest BCUT2D eigenvalue weighted by molar-refractivity contribution is 7.80. The third-order valence-corrected chi connectivity index (χ3v) is 5.83. The fraction of sp³-hybridized carbons (Fsp3) is 0.167. The van der Waals surface area contributed by atoms with E-state index in [0.717, 1.165) is 16.5 Å². The van der Waals surface area contributed by atoms with Crippen molar-refractivity contribution in [3.05, 3.63) is 71.4 Å². The van der Waals surface area contributed by atoms with E-state index in [0.29, 0.717) is 17.7 Å². The second-order valence-corrected chi connectivity index (χ2v) is 7.88. The zero-order valence-corrected chi connectivity index (χ0v) is 18.3. The average molecular weight is 448 g/mol. The molecule has 0 radical (unpaired) electrons. The van der Waals surface area contributed by atoms with Gasteiger partial charge in [0, 0.05) is 17.1 Å². The van der Waals surface area contributed by atoms with Crippen LogP contribution in [0.4, 0.5) is 5.69 Å². The van der Waals surface area contributed by atoms with Crippen molar-refractivity contribution in [1.82, 2.24) is 9.88 Å². The fourth-order valence-corrected chi connectivity index (χ4v) is 4.07. The highest BCUT2D eigenvalue weighted by Crippen LogP contribution is 2.27. The van der Waals surface area contributed by atoms with E-state index in [1.54, 1.807) is 42.0 Å². The monoisotopic (exact) mass is 447 g/mol. The van der Waals surface area contributed by atoms with Crippen LogP contribution in [0.1, 0.15) is 31.0 Å². The van der Waals surface area contributed by atoms with Crippen molar-refractivity contribution >= 4 is 57.8 Å². The minimum atomic E-state index is -0.929. The maximum Gasteiger partial charge on any atom is 0.326 e. The summed E-state index contributed by atoms with van der Waals surface area (Å²) in [6, 6.07) is 13.9. The Kier molecular flexibility index (Phi) is 5.63. The number of amides is 2. The number of nitrogens with zero attached hydrogens (tertiary/aromatic N) is 2. The van der Waals surface area contributed by atoms with E-state index in [4.69, 9.17) is 12.2 Å². The standard InChI is InChI=1S/C24H21N3O4S/c1-3-16-6-4-5-7-20(16)27-22(29)18(21(28)25-24(27)32)13-15-8-9-19-17(12-15)10-11-26(19)14(2)23(30)31/h4-14H,3H2,1-2H3,(H,30,31)(H,25,28,32)/b18-13+/t14-/m1/s1. The molecule has 2 aromatic carbocycles. The SMILES string of the molecule is CCc1ccccc1N1C(=O)/C(=C/c2ccc3c(ccn3[C@H](C)C(=O)O)c2)C(=O)NC1=S. The van der Waals surface area contributed by atoms with E-state index in [2.05, 4.69) is 5.32 Å². The first kappa shape index (κ1) is 21.5. The summed E-state index contributed by atoms with van der Waals surface area (Å²) in [6.45, 7) is 3.59. The van der Waals surface area contributed by atoms with Crippen molar-refractivity contribution < 1.29 is 19.5 Å². The van der Waals surface area contributed by atoms with Crippen LogP contribution in [0.25, 0.3) is 17.0 Å². The number of carbonyl (C=O) groups is 3. The zero-order chi connectivity index (χ0) is 23.0. The first-order chi connectivity index (χ1) is 15.3. The minimum absolute atomic E-state index is 0.0257. The predicted octanol–water partition coefficient (Wildman–Crippen LogP) is 3.68. The van der Waals surface area contributed by atoms with E-state index < -0.39 is 23.8 Å². The first-order valence-electron chi connectivity index (χ1n) is 10.1. The number of nitrogens with one attached hydrogen (secondary N) is 1. The number of anilines is 1. The van der Waals surface area contributed by atoms with Gasteiger partial charge in [0.05, 0.1) is 5.69 Å². The third-order valence-electron chi connectivity index (χ3n) is 5.55. The summed E-state index contributed by atoms with van der Waals surface area (Å²) in [5.41, 5.74) is 2.96. The number of para-hydroxylation sites is 1. The smallest absolute Gasteiger partial charge is 0.326 e. The number of aryl methyl sites for hydroxylation is 1. The van der Waals surface area contributed by atoms with Gasteiger partial charge < -0.3 is 9.67 Å². The molecule has 0 spiro atoms. The molecule has 32 heavy (non-hydrogen) atoms. The zero-order valence-electron chi connectivity index (χ0n) is 17.5. The van der Waals surface area contributed by atoms with Crippen LogP contribution in [0, 0.1) is 0 Å². The Morgan fingerprint density at radius 1 is 1.19 bits per heavy atom. The molecule has 1 atom stereocenters. The Morgan fingerprint density at radius 3 is 2.66 bits per heavy atom. The number of aliphatic carboxylic acids is 1. The lowest BCUT2D eigenvalue weighted by Crippen LogP contribution is -2.54. The molecule has 0 bridgehead atoms. The summed E-state index contributed by atoms with van der Waals surface area (Å²) < 4.78 is 1.66. The summed E-state index contributed by atoms with van der Waals surface area (Å²) in [7, 11) is 0. The lowest BCUT2D eigenvalue weighted by Gasteiger charge is -2.30. The van der Waals surface area contributed by atoms with E-state index in [1.807, 2.05) is 31.2 Å². The summed E-state index contributed by atoms with van der Waals surface area (Å²) >= 11 is 5.29. The summed E-state index contributed by atoms with van der Waals surface area (Å²) in [4.78, 5) is 38.6. The minimum Gasteiger partial charge on any atom is -0.480 e. The summed E-state index contributed by atoms with van der Waals surface area (Å²) in [6.07, 6.45) is 3.94. The topological polar surface area (TPSA) is 91.6 Å². The Bertz CT molecular complexity index is 1310. The van der Waals surface area contributed by atoms with Gasteiger partial charge in [-0.15, -0.1) is 0 Å². The molecule has 2 heterocycles. The molecule has 0 aliphatic carbocycles. The normalized spacial score (nSPS) is 16.5. The highest BCUT2D eigenvalue weighted by atomic mass is 32.1. The number of thiocarbonyl (C=S) groups is 1. The Balaban J connectivity index is 1.73. The van der Waals surface area contributed by atoms with Gasteiger partial charge in [0.25, 0.3) is 11.8 Å². The van der Waals surface area contributed by atoms with Crippen molar-refractivity contribution in [1.29, 1.82) is 0 Å². The van der Waals surface area contributed by atoms with E-state index in [9.17, 15) is 19.5 Å². The summed E-state index contributed by atoms with van der Waals surface area (Å²) in [5.74, 6) is -1.97. The van der Waals surface area contributed by atoms with Crippen LogP contribution < -0.4 is 10.2 Å². The summed E-state index contributed by atoms with van der Waals surface area (Å²) in [5, 5.41) is 12.8. The van der Waals surface area contributed by atoms with Crippen molar-refractivity contribution in [2.75, 3.05) is 4.90 Å². The second kappa shape index (κ2) is 8.39. The molecule has 0 saturated carbocycles. The molecule has 0 unspecified atom stereocenters. The van der Waals surface area contributed by atoms with Crippen LogP contribution in [0.15, 0.2) is 60.3 Å². The van der Waals surface area contributed by atoms with Gasteiger partial charge in [-0.05, 0) is 67.0 Å². The van der Waals surface area contributed by atoms with Crippen molar-refractivity contribution in [2.24, 2.45) is 0 Å². The Morgan fingerprint density at radius 2 is 1.94 bits per heavy atom. The Labute approximate surface area is 189 Å². The largest absolute Gasteiger partial charge is 0.480 e. The average Bonchev–Trinajstić information content (AvgIpc) is 3.19.